The molecule has 1 aliphatic carbocycles. The first-order valence-electron chi connectivity index (χ1n) is 11.4. The fraction of sp³-hybridized carbons (Fsp3) is 0.423. The predicted molar refractivity (Wildman–Crippen MR) is 128 cm³/mol. The van der Waals surface area contributed by atoms with Crippen molar-refractivity contribution in [2.45, 2.75) is 57.6 Å². The summed E-state index contributed by atoms with van der Waals surface area (Å²) in [5.74, 6) is -0.795. The number of hydrogen-bond donors (Lipinski definition) is 3. The van der Waals surface area contributed by atoms with Crippen LogP contribution in [0.25, 0.3) is 0 Å². The number of ether oxygens (including phenoxy) is 2. The lowest BCUT2D eigenvalue weighted by Gasteiger charge is -2.30. The monoisotopic (exact) mass is 468 g/mol. The molecule has 1 aliphatic rings. The second-order valence-electron chi connectivity index (χ2n) is 8.78. The molecule has 8 nitrogen and oxygen atoms in total. The number of nitrogens with one attached hydrogen (secondary N) is 2. The minimum atomic E-state index is -1.14. The lowest BCUT2D eigenvalue weighted by Crippen LogP contribution is -2.55. The first kappa shape index (κ1) is 25.2. The van der Waals surface area contributed by atoms with Crippen molar-refractivity contribution in [1.82, 2.24) is 5.32 Å². The van der Waals surface area contributed by atoms with E-state index >= 15 is 0 Å². The first-order chi connectivity index (χ1) is 16.2. The van der Waals surface area contributed by atoms with E-state index in [2.05, 4.69) is 15.4 Å². The third-order valence-electron chi connectivity index (χ3n) is 5.91. The number of benzene rings is 2. The lowest BCUT2D eigenvalue weighted by molar-refractivity contribution is -0.149. The molecule has 2 aromatic rings. The van der Waals surface area contributed by atoms with Crippen LogP contribution >= 0.6 is 0 Å². The predicted octanol–water partition coefficient (Wildman–Crippen LogP) is 2.83. The van der Waals surface area contributed by atoms with Crippen LogP contribution in [-0.4, -0.2) is 48.2 Å². The third kappa shape index (κ3) is 6.35. The van der Waals surface area contributed by atoms with Gasteiger partial charge in [0.25, 0.3) is 5.91 Å². The quantitative estimate of drug-likeness (QED) is 0.488. The molecule has 0 bridgehead atoms. The Morgan fingerprint density at radius 3 is 2.21 bits per heavy atom. The maximum absolute atomic E-state index is 13.0. The Labute approximate surface area is 199 Å². The highest BCUT2D eigenvalue weighted by Gasteiger charge is 2.45. The van der Waals surface area contributed by atoms with Gasteiger partial charge in [0.1, 0.15) is 5.75 Å². The second kappa shape index (κ2) is 11.2. The van der Waals surface area contributed by atoms with E-state index in [0.29, 0.717) is 18.6 Å². The van der Waals surface area contributed by atoms with Crippen LogP contribution in [0.4, 0.5) is 5.69 Å². The van der Waals surface area contributed by atoms with Crippen molar-refractivity contribution in [3.8, 4) is 5.75 Å². The molecule has 182 valence electrons. The molecule has 3 N–H and O–H groups in total. The van der Waals surface area contributed by atoms with Gasteiger partial charge in [0, 0.05) is 5.69 Å². The van der Waals surface area contributed by atoms with Gasteiger partial charge in [0.05, 0.1) is 20.1 Å². The number of carbonyl (C=O) groups is 3. The molecule has 0 heterocycles. The molecule has 0 unspecified atom stereocenters. The number of rotatable bonds is 9. The summed E-state index contributed by atoms with van der Waals surface area (Å²) < 4.78 is 10.7. The Morgan fingerprint density at radius 1 is 1.03 bits per heavy atom. The largest absolute Gasteiger partial charge is 0.477 e. The van der Waals surface area contributed by atoms with Crippen molar-refractivity contribution in [2.75, 3.05) is 19.0 Å². The summed E-state index contributed by atoms with van der Waals surface area (Å²) in [5.41, 5.74) is 2.62. The number of methoxy groups -OCH3 is 1. The fourth-order valence-corrected chi connectivity index (χ4v) is 4.27. The zero-order valence-corrected chi connectivity index (χ0v) is 19.8. The zero-order valence-electron chi connectivity index (χ0n) is 19.8. The number of aliphatic hydroxyl groups excluding tert-OH is 1. The van der Waals surface area contributed by atoms with Gasteiger partial charge in [-0.25, -0.2) is 4.79 Å². The minimum Gasteiger partial charge on any atom is -0.477 e. The van der Waals surface area contributed by atoms with Crippen molar-refractivity contribution in [1.29, 1.82) is 0 Å². The molecule has 0 saturated heterocycles. The zero-order chi connectivity index (χ0) is 24.7. The van der Waals surface area contributed by atoms with Crippen LogP contribution in [0.1, 0.15) is 42.4 Å². The molecule has 1 saturated carbocycles. The summed E-state index contributed by atoms with van der Waals surface area (Å²) in [6.07, 6.45) is 2.82. The number of esters is 1. The summed E-state index contributed by atoms with van der Waals surface area (Å²) in [7, 11) is 1.20. The van der Waals surface area contributed by atoms with Crippen LogP contribution in [-0.2, 0) is 25.5 Å². The van der Waals surface area contributed by atoms with E-state index in [9.17, 15) is 19.5 Å². The van der Waals surface area contributed by atoms with Gasteiger partial charge in [0.15, 0.2) is 11.6 Å². The topological polar surface area (TPSA) is 114 Å². The summed E-state index contributed by atoms with van der Waals surface area (Å²) in [6.45, 7) is 3.41. The molecule has 2 amide bonds. The lowest BCUT2D eigenvalue weighted by atomic mass is 10.00. The van der Waals surface area contributed by atoms with Crippen molar-refractivity contribution in [3.05, 3.63) is 59.2 Å². The highest BCUT2D eigenvalue weighted by Crippen LogP contribution is 2.35. The molecule has 0 radical (unpaired) electrons. The van der Waals surface area contributed by atoms with E-state index in [4.69, 9.17) is 4.74 Å². The molecule has 1 atom stereocenters. The molecule has 1 fully saturated rings. The Kier molecular flexibility index (Phi) is 8.28. The molecule has 3 rings (SSSR count). The SMILES string of the molecule is COC(=O)[C@@H](CO)NC(=O)C1(Oc2ccc(CC(=O)Nc3cc(C)cc(C)c3)cc2)CCCC1. The van der Waals surface area contributed by atoms with Crippen LogP contribution in [0.15, 0.2) is 42.5 Å². The maximum atomic E-state index is 13.0. The highest BCUT2D eigenvalue weighted by molar-refractivity contribution is 5.92. The van der Waals surface area contributed by atoms with Gasteiger partial charge in [-0.15, -0.1) is 0 Å². The molecule has 8 heteroatoms. The van der Waals surface area contributed by atoms with E-state index < -0.39 is 30.1 Å². The Bertz CT molecular complexity index is 1010. The smallest absolute Gasteiger partial charge is 0.330 e. The van der Waals surface area contributed by atoms with Gasteiger partial charge in [-0.1, -0.05) is 18.2 Å². The molecule has 2 aromatic carbocycles. The van der Waals surface area contributed by atoms with Crippen LogP contribution in [0.3, 0.4) is 0 Å². The van der Waals surface area contributed by atoms with Crippen molar-refractivity contribution in [3.63, 3.8) is 0 Å². The first-order valence-corrected chi connectivity index (χ1v) is 11.4. The average Bonchev–Trinajstić information content (AvgIpc) is 3.27. The number of carbonyl (C=O) groups excluding carboxylic acids is 3. The van der Waals surface area contributed by atoms with Crippen LogP contribution in [0.5, 0.6) is 5.75 Å². The summed E-state index contributed by atoms with van der Waals surface area (Å²) in [6, 6.07) is 11.8. The van der Waals surface area contributed by atoms with E-state index in [-0.39, 0.29) is 12.3 Å². The standard InChI is InChI=1S/C26H32N2O6/c1-17-12-18(2)14-20(13-17)27-23(30)15-19-6-8-21(9-7-19)34-26(10-4-5-11-26)25(32)28-22(16-29)24(31)33-3/h6-9,12-14,22,29H,4-5,10-11,15-16H2,1-3H3,(H,27,30)(H,28,32)/t22-/m1/s1. The summed E-state index contributed by atoms with van der Waals surface area (Å²) >= 11 is 0. The van der Waals surface area contributed by atoms with E-state index in [1.165, 1.54) is 7.11 Å². The molecule has 0 spiro atoms. The van der Waals surface area contributed by atoms with Gasteiger partial charge in [0.2, 0.25) is 5.91 Å². The second-order valence-corrected chi connectivity index (χ2v) is 8.78. The van der Waals surface area contributed by atoms with E-state index in [1.807, 2.05) is 32.0 Å². The van der Waals surface area contributed by atoms with Crippen molar-refractivity contribution < 1.29 is 29.0 Å². The Hall–Kier alpha value is -3.39. The van der Waals surface area contributed by atoms with E-state index in [1.54, 1.807) is 24.3 Å². The van der Waals surface area contributed by atoms with Crippen LogP contribution in [0, 0.1) is 13.8 Å². The number of hydrogen-bond acceptors (Lipinski definition) is 6. The third-order valence-corrected chi connectivity index (χ3v) is 5.91. The summed E-state index contributed by atoms with van der Waals surface area (Å²) in [5, 5.41) is 14.9. The summed E-state index contributed by atoms with van der Waals surface area (Å²) in [4.78, 5) is 37.2. The molecular formula is C26H32N2O6. The number of aryl methyl sites for hydroxylation is 2. The van der Waals surface area contributed by atoms with Gasteiger partial charge in [-0.2, -0.15) is 0 Å². The van der Waals surface area contributed by atoms with Crippen LogP contribution < -0.4 is 15.4 Å². The maximum Gasteiger partial charge on any atom is 0.330 e. The normalized spacial score (nSPS) is 15.3. The molecule has 34 heavy (non-hydrogen) atoms. The molecular weight excluding hydrogens is 436 g/mol. The fourth-order valence-electron chi connectivity index (χ4n) is 4.27. The minimum absolute atomic E-state index is 0.122. The number of amides is 2. The molecule has 0 aromatic heterocycles. The molecule has 0 aliphatic heterocycles. The van der Waals surface area contributed by atoms with E-state index in [0.717, 1.165) is 35.2 Å². The number of aliphatic hydroxyl groups is 1. The van der Waals surface area contributed by atoms with Crippen molar-refractivity contribution in [2.24, 2.45) is 0 Å². The van der Waals surface area contributed by atoms with Gasteiger partial charge >= 0.3 is 5.97 Å². The van der Waals surface area contributed by atoms with Crippen LogP contribution in [0.2, 0.25) is 0 Å². The van der Waals surface area contributed by atoms with Crippen molar-refractivity contribution >= 4 is 23.5 Å². The van der Waals surface area contributed by atoms with Gasteiger partial charge in [-0.05, 0) is 80.5 Å². The number of anilines is 1. The Balaban J connectivity index is 1.64. The van der Waals surface area contributed by atoms with Gasteiger partial charge < -0.3 is 25.2 Å². The highest BCUT2D eigenvalue weighted by atomic mass is 16.5. The van der Waals surface area contributed by atoms with Gasteiger partial charge in [-0.3, -0.25) is 9.59 Å². The average molecular weight is 469 g/mol. The Morgan fingerprint density at radius 2 is 1.65 bits per heavy atom.